The molecule has 25 heavy (non-hydrogen) atoms. The van der Waals surface area contributed by atoms with Crippen LogP contribution in [-0.2, 0) is 6.54 Å². The van der Waals surface area contributed by atoms with Gasteiger partial charge in [-0.25, -0.2) is 4.39 Å². The van der Waals surface area contributed by atoms with E-state index in [0.29, 0.717) is 16.8 Å². The molecule has 3 aromatic rings. The van der Waals surface area contributed by atoms with Crippen molar-refractivity contribution >= 4 is 11.6 Å². The monoisotopic (exact) mass is 357 g/mol. The first kappa shape index (κ1) is 16.2. The highest BCUT2D eigenvalue weighted by molar-refractivity contribution is 6.30. The molecule has 0 radical (unpaired) electrons. The Morgan fingerprint density at radius 3 is 2.60 bits per heavy atom. The molecule has 1 aliphatic heterocycles. The van der Waals surface area contributed by atoms with Crippen LogP contribution >= 0.6 is 11.6 Å². The molecule has 4 nitrogen and oxygen atoms in total. The predicted molar refractivity (Wildman–Crippen MR) is 93.8 cm³/mol. The highest BCUT2D eigenvalue weighted by atomic mass is 35.5. The summed E-state index contributed by atoms with van der Waals surface area (Å²) in [6.07, 6.45) is 0.976. The van der Waals surface area contributed by atoms with E-state index >= 15 is 0 Å². The second kappa shape index (κ2) is 6.94. The molecule has 1 atom stereocenters. The summed E-state index contributed by atoms with van der Waals surface area (Å²) >= 11 is 5.91. The molecule has 1 saturated heterocycles. The van der Waals surface area contributed by atoms with Crippen molar-refractivity contribution in [3.8, 4) is 11.5 Å². The molecule has 0 bridgehead atoms. The van der Waals surface area contributed by atoms with E-state index in [2.05, 4.69) is 15.1 Å². The second-order valence-corrected chi connectivity index (χ2v) is 6.74. The van der Waals surface area contributed by atoms with Crippen molar-refractivity contribution in [2.45, 2.75) is 18.9 Å². The van der Waals surface area contributed by atoms with Gasteiger partial charge in [0, 0.05) is 23.7 Å². The van der Waals surface area contributed by atoms with Crippen LogP contribution in [0.5, 0.6) is 0 Å². The minimum Gasteiger partial charge on any atom is -0.420 e. The van der Waals surface area contributed by atoms with Gasteiger partial charge in [-0.3, -0.25) is 4.90 Å². The minimum absolute atomic E-state index is 0.205. The fourth-order valence-electron chi connectivity index (χ4n) is 3.13. The van der Waals surface area contributed by atoms with Gasteiger partial charge in [-0.1, -0.05) is 23.7 Å². The zero-order valence-electron chi connectivity index (χ0n) is 13.5. The Kier molecular flexibility index (Phi) is 4.51. The number of rotatable bonds is 4. The summed E-state index contributed by atoms with van der Waals surface area (Å²) in [6.45, 7) is 2.62. The zero-order chi connectivity index (χ0) is 17.2. The smallest absolute Gasteiger partial charge is 0.247 e. The van der Waals surface area contributed by atoms with Crippen LogP contribution in [0.4, 0.5) is 4.39 Å². The Labute approximate surface area is 150 Å². The van der Waals surface area contributed by atoms with Crippen molar-refractivity contribution in [3.63, 3.8) is 0 Å². The van der Waals surface area contributed by atoms with Crippen molar-refractivity contribution in [3.05, 3.63) is 70.8 Å². The van der Waals surface area contributed by atoms with E-state index in [0.717, 1.165) is 37.2 Å². The van der Waals surface area contributed by atoms with E-state index in [1.807, 2.05) is 24.3 Å². The maximum atomic E-state index is 13.0. The Hall–Kier alpha value is -2.24. The first-order valence-electron chi connectivity index (χ1n) is 8.23. The summed E-state index contributed by atoms with van der Waals surface area (Å²) in [5, 5.41) is 9.06. The van der Waals surface area contributed by atoms with Gasteiger partial charge in [-0.05, 0) is 54.9 Å². The fourth-order valence-corrected chi connectivity index (χ4v) is 3.26. The summed E-state index contributed by atoms with van der Waals surface area (Å²) in [4.78, 5) is 2.32. The first-order chi connectivity index (χ1) is 12.2. The third-order valence-corrected chi connectivity index (χ3v) is 4.72. The lowest BCUT2D eigenvalue weighted by Crippen LogP contribution is -2.19. The molecule has 0 amide bonds. The number of halogens is 2. The number of nitrogens with zero attached hydrogens (tertiary/aromatic N) is 3. The van der Waals surface area contributed by atoms with Crippen LogP contribution in [0, 0.1) is 5.82 Å². The van der Waals surface area contributed by atoms with E-state index in [4.69, 9.17) is 16.0 Å². The molecule has 128 valence electrons. The number of hydrogen-bond donors (Lipinski definition) is 0. The van der Waals surface area contributed by atoms with Gasteiger partial charge in [0.05, 0.1) is 5.92 Å². The van der Waals surface area contributed by atoms with Gasteiger partial charge in [-0.2, -0.15) is 0 Å². The molecule has 2 heterocycles. The quantitative estimate of drug-likeness (QED) is 0.688. The third-order valence-electron chi connectivity index (χ3n) is 4.47. The van der Waals surface area contributed by atoms with Gasteiger partial charge in [0.1, 0.15) is 5.82 Å². The van der Waals surface area contributed by atoms with Crippen molar-refractivity contribution in [2.75, 3.05) is 13.1 Å². The summed E-state index contributed by atoms with van der Waals surface area (Å²) in [5.74, 6) is 1.22. The van der Waals surface area contributed by atoms with Crippen LogP contribution in [0.25, 0.3) is 11.5 Å². The van der Waals surface area contributed by atoms with Crippen LogP contribution in [0.15, 0.2) is 52.9 Å². The lowest BCUT2D eigenvalue weighted by molar-refractivity contribution is 0.320. The van der Waals surface area contributed by atoms with Gasteiger partial charge in [0.2, 0.25) is 11.8 Å². The molecule has 4 rings (SSSR count). The topological polar surface area (TPSA) is 42.2 Å². The second-order valence-electron chi connectivity index (χ2n) is 6.30. The van der Waals surface area contributed by atoms with Crippen molar-refractivity contribution < 1.29 is 8.81 Å². The number of likely N-dealkylation sites (tertiary alicyclic amines) is 1. The Balaban J connectivity index is 1.41. The van der Waals surface area contributed by atoms with Crippen LogP contribution < -0.4 is 0 Å². The van der Waals surface area contributed by atoms with E-state index in [1.165, 1.54) is 12.1 Å². The number of hydrogen-bond acceptors (Lipinski definition) is 4. The highest BCUT2D eigenvalue weighted by Crippen LogP contribution is 2.29. The molecule has 0 N–H and O–H groups in total. The van der Waals surface area contributed by atoms with E-state index < -0.39 is 0 Å². The molecule has 0 spiro atoms. The number of aromatic nitrogens is 2. The molecule has 1 aliphatic rings. The molecule has 1 fully saturated rings. The Morgan fingerprint density at radius 1 is 1.08 bits per heavy atom. The molecule has 0 saturated carbocycles. The summed E-state index contributed by atoms with van der Waals surface area (Å²) < 4.78 is 18.9. The van der Waals surface area contributed by atoms with Gasteiger partial charge < -0.3 is 4.42 Å². The molecule has 1 aromatic heterocycles. The summed E-state index contributed by atoms with van der Waals surface area (Å²) in [6, 6.07) is 14.0. The molecule has 6 heteroatoms. The van der Waals surface area contributed by atoms with Gasteiger partial charge in [0.15, 0.2) is 0 Å². The highest BCUT2D eigenvalue weighted by Gasteiger charge is 2.28. The molecule has 0 aliphatic carbocycles. The van der Waals surface area contributed by atoms with Crippen LogP contribution in [-0.4, -0.2) is 28.2 Å². The van der Waals surface area contributed by atoms with Crippen molar-refractivity contribution in [1.29, 1.82) is 0 Å². The van der Waals surface area contributed by atoms with Crippen molar-refractivity contribution in [1.82, 2.24) is 15.1 Å². The van der Waals surface area contributed by atoms with Crippen molar-refractivity contribution in [2.24, 2.45) is 0 Å². The fraction of sp³-hybridized carbons (Fsp3) is 0.263. The third kappa shape index (κ3) is 3.72. The normalized spacial score (nSPS) is 17.9. The van der Waals surface area contributed by atoms with E-state index in [-0.39, 0.29) is 11.7 Å². The average molecular weight is 358 g/mol. The molecule has 2 aromatic carbocycles. The minimum atomic E-state index is -0.205. The summed E-state index contributed by atoms with van der Waals surface area (Å²) in [5.41, 5.74) is 1.97. The molecular weight excluding hydrogens is 341 g/mol. The summed E-state index contributed by atoms with van der Waals surface area (Å²) in [7, 11) is 0. The van der Waals surface area contributed by atoms with E-state index in [9.17, 15) is 4.39 Å². The Morgan fingerprint density at radius 2 is 1.84 bits per heavy atom. The lowest BCUT2D eigenvalue weighted by Gasteiger charge is -2.15. The van der Waals surface area contributed by atoms with E-state index in [1.54, 1.807) is 12.1 Å². The van der Waals surface area contributed by atoms with Crippen LogP contribution in [0.2, 0.25) is 5.02 Å². The Bertz CT molecular complexity index is 848. The van der Waals surface area contributed by atoms with Gasteiger partial charge in [-0.15, -0.1) is 10.2 Å². The number of benzene rings is 2. The van der Waals surface area contributed by atoms with Gasteiger partial charge >= 0.3 is 0 Å². The zero-order valence-corrected chi connectivity index (χ0v) is 14.3. The standard InChI is InChI=1S/C19H17ClFN3O/c20-16-5-3-14(4-6-16)18-22-23-19(25-18)15-9-10-24(12-15)11-13-1-7-17(21)8-2-13/h1-8,15H,9-12H2/t15-/m0/s1. The lowest BCUT2D eigenvalue weighted by atomic mass is 10.1. The SMILES string of the molecule is Fc1ccc(CN2CC[C@H](c3nnc(-c4ccc(Cl)cc4)o3)C2)cc1. The van der Waals surface area contributed by atoms with Crippen LogP contribution in [0.1, 0.15) is 23.8 Å². The average Bonchev–Trinajstić information content (AvgIpc) is 3.27. The molecule has 0 unspecified atom stereocenters. The van der Waals surface area contributed by atoms with Gasteiger partial charge in [0.25, 0.3) is 0 Å². The predicted octanol–water partition coefficient (Wildman–Crippen LogP) is 4.52. The first-order valence-corrected chi connectivity index (χ1v) is 8.61. The van der Waals surface area contributed by atoms with Crippen LogP contribution in [0.3, 0.4) is 0 Å². The molecular formula is C19H17ClFN3O. The largest absolute Gasteiger partial charge is 0.420 e. The maximum absolute atomic E-state index is 13.0. The maximum Gasteiger partial charge on any atom is 0.247 e.